The van der Waals surface area contributed by atoms with Crippen molar-refractivity contribution in [3.63, 3.8) is 0 Å². The highest BCUT2D eigenvalue weighted by Gasteiger charge is 2.38. The molecule has 0 N–H and O–H groups in total. The van der Waals surface area contributed by atoms with Gasteiger partial charge in [0.1, 0.15) is 28.8 Å². The van der Waals surface area contributed by atoms with E-state index in [0.29, 0.717) is 56.7 Å². The number of aromatic nitrogens is 2. The number of carbonyl (C=O) groups is 1. The Morgan fingerprint density at radius 3 is 2.75 bits per heavy atom. The predicted molar refractivity (Wildman–Crippen MR) is 153 cm³/mol. The second-order valence-electron chi connectivity index (χ2n) is 10.4. The lowest BCUT2D eigenvalue weighted by molar-refractivity contribution is 0.0561. The Balaban J connectivity index is 1.49. The number of carbonyl (C=O) groups excluding carboxylic acids is 1. The van der Waals surface area contributed by atoms with Gasteiger partial charge in [-0.25, -0.2) is 9.37 Å². The second kappa shape index (κ2) is 10.6. The zero-order chi connectivity index (χ0) is 28.1. The summed E-state index contributed by atoms with van der Waals surface area (Å²) in [6.45, 7) is 3.49. The molecular formula is C30H29Cl2FN4O3. The summed E-state index contributed by atoms with van der Waals surface area (Å²) >= 11 is 12.7. The summed E-state index contributed by atoms with van der Waals surface area (Å²) in [5.74, 6) is 0.444. The van der Waals surface area contributed by atoms with Crippen molar-refractivity contribution in [1.29, 1.82) is 0 Å². The maximum Gasteiger partial charge on any atom is 0.275 e. The molecule has 0 bridgehead atoms. The SMILES string of the molecule is COc1cccc2nc(C(=O)N(CC[C@@H]3CCN3C)C3COc4c3ccc(Cl)c4Cl)c(-c3ccc(F)c(C)c3)n12. The molecule has 2 aliphatic rings. The second-order valence-corrected chi connectivity index (χ2v) is 11.1. The number of rotatable bonds is 7. The Kier molecular flexibility index (Phi) is 7.10. The van der Waals surface area contributed by atoms with Gasteiger partial charge in [-0.3, -0.25) is 9.20 Å². The number of ether oxygens (including phenoxy) is 2. The lowest BCUT2D eigenvalue weighted by atomic mass is 9.99. The first-order chi connectivity index (χ1) is 19.3. The maximum absolute atomic E-state index is 14.6. The van der Waals surface area contributed by atoms with Crippen LogP contribution in [0.2, 0.25) is 10.0 Å². The number of pyridine rings is 1. The zero-order valence-corrected chi connectivity index (χ0v) is 24.0. The van der Waals surface area contributed by atoms with E-state index < -0.39 is 0 Å². The standard InChI is InChI=1S/C30H29Cl2FN4O3/c1-17-15-18(7-10-22(17)33)28-27(34-24-5-4-6-25(39-3)37(24)28)30(38)36(14-12-19-11-13-35(19)2)23-16-40-29-20(23)8-9-21(31)26(29)32/h4-10,15,19,23H,11-14,16H2,1-3H3/t19-,23?/m0/s1. The van der Waals surface area contributed by atoms with Crippen molar-refractivity contribution in [1.82, 2.24) is 19.2 Å². The van der Waals surface area contributed by atoms with Gasteiger partial charge < -0.3 is 19.3 Å². The van der Waals surface area contributed by atoms with E-state index in [9.17, 15) is 9.18 Å². The number of hydrogen-bond acceptors (Lipinski definition) is 5. The Bertz CT molecular complexity index is 1620. The van der Waals surface area contributed by atoms with Gasteiger partial charge in [0.2, 0.25) is 0 Å². The molecule has 40 heavy (non-hydrogen) atoms. The molecule has 10 heteroatoms. The molecule has 2 atom stereocenters. The average Bonchev–Trinajstić information content (AvgIpc) is 3.56. The molecule has 208 valence electrons. The van der Waals surface area contributed by atoms with E-state index >= 15 is 0 Å². The Morgan fingerprint density at radius 1 is 1.23 bits per heavy atom. The number of hydrogen-bond donors (Lipinski definition) is 0. The number of aryl methyl sites for hydroxylation is 1. The fraction of sp³-hybridized carbons (Fsp3) is 0.333. The molecule has 1 amide bonds. The van der Waals surface area contributed by atoms with Gasteiger partial charge in [-0.2, -0.15) is 0 Å². The van der Waals surface area contributed by atoms with Crippen molar-refractivity contribution >= 4 is 34.8 Å². The van der Waals surface area contributed by atoms with Gasteiger partial charge in [-0.05, 0) is 75.3 Å². The van der Waals surface area contributed by atoms with Gasteiger partial charge in [0, 0.05) is 23.7 Å². The first-order valence-electron chi connectivity index (χ1n) is 13.2. The fourth-order valence-corrected chi connectivity index (χ4v) is 6.03. The minimum Gasteiger partial charge on any atom is -0.489 e. The number of benzene rings is 2. The monoisotopic (exact) mass is 582 g/mol. The van der Waals surface area contributed by atoms with Crippen molar-refractivity contribution in [2.75, 3.05) is 33.9 Å². The largest absolute Gasteiger partial charge is 0.489 e. The molecule has 4 aromatic rings. The van der Waals surface area contributed by atoms with Crippen molar-refractivity contribution in [3.05, 3.63) is 81.2 Å². The van der Waals surface area contributed by atoms with Crippen LogP contribution in [0, 0.1) is 12.7 Å². The summed E-state index contributed by atoms with van der Waals surface area (Å²) in [6, 6.07) is 13.9. The van der Waals surface area contributed by atoms with Crippen LogP contribution in [-0.4, -0.2) is 65.0 Å². The zero-order valence-electron chi connectivity index (χ0n) is 22.5. The number of nitrogens with zero attached hydrogens (tertiary/aromatic N) is 4. The van der Waals surface area contributed by atoms with Crippen LogP contribution < -0.4 is 9.47 Å². The molecule has 2 aromatic carbocycles. The van der Waals surface area contributed by atoms with E-state index in [4.69, 9.17) is 37.7 Å². The maximum atomic E-state index is 14.6. The first-order valence-corrected chi connectivity index (χ1v) is 14.0. The molecule has 0 aliphatic carbocycles. The highest BCUT2D eigenvalue weighted by molar-refractivity contribution is 6.43. The fourth-order valence-electron chi connectivity index (χ4n) is 5.65. The van der Waals surface area contributed by atoms with Crippen LogP contribution in [0.3, 0.4) is 0 Å². The number of halogens is 3. The lowest BCUT2D eigenvalue weighted by Crippen LogP contribution is -2.47. The molecule has 0 spiro atoms. The molecule has 1 unspecified atom stereocenters. The smallest absolute Gasteiger partial charge is 0.275 e. The van der Waals surface area contributed by atoms with Crippen LogP contribution in [0.4, 0.5) is 4.39 Å². The van der Waals surface area contributed by atoms with Crippen LogP contribution in [0.5, 0.6) is 11.6 Å². The third-order valence-corrected chi connectivity index (χ3v) is 8.84. The molecular weight excluding hydrogens is 554 g/mol. The highest BCUT2D eigenvalue weighted by atomic mass is 35.5. The van der Waals surface area contributed by atoms with Gasteiger partial charge in [0.25, 0.3) is 5.91 Å². The topological polar surface area (TPSA) is 59.3 Å². The number of fused-ring (bicyclic) bond motifs is 2. The van der Waals surface area contributed by atoms with E-state index in [0.717, 1.165) is 24.9 Å². The molecule has 2 aliphatic heterocycles. The van der Waals surface area contributed by atoms with Crippen LogP contribution in [0.1, 0.15) is 40.5 Å². The molecule has 0 saturated carbocycles. The Labute approximate surface area is 242 Å². The van der Waals surface area contributed by atoms with Crippen LogP contribution in [-0.2, 0) is 0 Å². The van der Waals surface area contributed by atoms with E-state index in [1.165, 1.54) is 6.07 Å². The van der Waals surface area contributed by atoms with Gasteiger partial charge >= 0.3 is 0 Å². The van der Waals surface area contributed by atoms with Gasteiger partial charge in [0.05, 0.1) is 23.9 Å². The van der Waals surface area contributed by atoms with Crippen LogP contribution in [0.25, 0.3) is 16.9 Å². The minimum atomic E-state index is -0.378. The van der Waals surface area contributed by atoms with Crippen molar-refractivity contribution in [2.45, 2.75) is 31.8 Å². The summed E-state index contributed by atoms with van der Waals surface area (Å²) in [5, 5.41) is 0.740. The van der Waals surface area contributed by atoms with Crippen molar-refractivity contribution < 1.29 is 18.7 Å². The summed E-state index contributed by atoms with van der Waals surface area (Å²) in [7, 11) is 3.67. The first kappa shape index (κ1) is 26.9. The van der Waals surface area contributed by atoms with E-state index in [1.54, 1.807) is 42.7 Å². The van der Waals surface area contributed by atoms with Crippen molar-refractivity contribution in [2.24, 2.45) is 0 Å². The summed E-state index contributed by atoms with van der Waals surface area (Å²) < 4.78 is 27.7. The van der Waals surface area contributed by atoms with E-state index in [-0.39, 0.29) is 30.1 Å². The third kappa shape index (κ3) is 4.48. The molecule has 6 rings (SSSR count). The van der Waals surface area contributed by atoms with Crippen LogP contribution in [0.15, 0.2) is 48.5 Å². The summed E-state index contributed by atoms with van der Waals surface area (Å²) in [6.07, 6.45) is 1.89. The number of amides is 1. The van der Waals surface area contributed by atoms with Crippen LogP contribution >= 0.6 is 23.2 Å². The lowest BCUT2D eigenvalue weighted by Gasteiger charge is -2.39. The molecule has 1 fully saturated rings. The van der Waals surface area contributed by atoms with E-state index in [1.807, 2.05) is 23.1 Å². The Hall–Kier alpha value is -3.33. The molecule has 4 heterocycles. The number of methoxy groups -OCH3 is 1. The average molecular weight is 583 g/mol. The molecule has 7 nitrogen and oxygen atoms in total. The van der Waals surface area contributed by atoms with Gasteiger partial charge in [-0.15, -0.1) is 0 Å². The quantitative estimate of drug-likeness (QED) is 0.251. The predicted octanol–water partition coefficient (Wildman–Crippen LogP) is 6.43. The van der Waals surface area contributed by atoms with E-state index in [2.05, 4.69) is 11.9 Å². The van der Waals surface area contributed by atoms with Gasteiger partial charge in [-0.1, -0.05) is 35.3 Å². The summed E-state index contributed by atoms with van der Waals surface area (Å²) in [4.78, 5) is 23.5. The molecule has 0 radical (unpaired) electrons. The Morgan fingerprint density at radius 2 is 2.05 bits per heavy atom. The normalized spacial score (nSPS) is 18.4. The minimum absolute atomic E-state index is 0.253. The number of likely N-dealkylation sites (tertiary alicyclic amines) is 1. The van der Waals surface area contributed by atoms with Gasteiger partial charge in [0.15, 0.2) is 11.6 Å². The highest BCUT2D eigenvalue weighted by Crippen LogP contribution is 2.45. The third-order valence-electron chi connectivity index (χ3n) is 8.05. The number of imidazole rings is 1. The molecule has 2 aromatic heterocycles. The molecule has 1 saturated heterocycles. The van der Waals surface area contributed by atoms with Crippen molar-refractivity contribution in [3.8, 4) is 22.9 Å². The summed E-state index contributed by atoms with van der Waals surface area (Å²) in [5.41, 5.74) is 3.29.